The van der Waals surface area contributed by atoms with Crippen LogP contribution in [0.3, 0.4) is 0 Å². The average Bonchev–Trinajstić information content (AvgIpc) is 3.39. The van der Waals surface area contributed by atoms with Gasteiger partial charge in [0.2, 0.25) is 10.0 Å². The number of carboxylic acids is 1. The zero-order chi connectivity index (χ0) is 28.6. The van der Waals surface area contributed by atoms with Crippen LogP contribution in [0.15, 0.2) is 53.9 Å². The van der Waals surface area contributed by atoms with Gasteiger partial charge in [0, 0.05) is 36.3 Å². The highest BCUT2D eigenvalue weighted by Gasteiger charge is 2.29. The maximum Gasteiger partial charge on any atom is 0.323 e. The molecule has 1 fully saturated rings. The van der Waals surface area contributed by atoms with Crippen molar-refractivity contribution >= 4 is 50.4 Å². The number of hydrogen-bond acceptors (Lipinski definition) is 9. The van der Waals surface area contributed by atoms with Crippen LogP contribution in [-0.4, -0.2) is 69.7 Å². The summed E-state index contributed by atoms with van der Waals surface area (Å²) in [4.78, 5) is 32.3. The number of sulfonamides is 1. The molecule has 14 heteroatoms. The molecule has 0 radical (unpaired) electrons. The highest BCUT2D eigenvalue weighted by atomic mass is 35.5. The fourth-order valence-corrected chi connectivity index (χ4v) is 6.73. The normalized spacial score (nSPS) is 16.8. The molecule has 1 aromatic carbocycles. The monoisotopic (exact) mass is 596 g/mol. The fraction of sp³-hybridized carbons (Fsp3) is 0.370. The molecule has 0 saturated carbocycles. The molecule has 1 atom stereocenters. The molecular weight excluding hydrogens is 568 g/mol. The van der Waals surface area contributed by atoms with Crippen molar-refractivity contribution in [3.05, 3.63) is 65.3 Å². The molecular formula is C27H29ClN8O4S. The van der Waals surface area contributed by atoms with Gasteiger partial charge in [-0.1, -0.05) is 17.7 Å². The van der Waals surface area contributed by atoms with E-state index < -0.39 is 22.0 Å². The van der Waals surface area contributed by atoms with Crippen molar-refractivity contribution in [1.82, 2.24) is 29.2 Å². The molecule has 214 valence electrons. The lowest BCUT2D eigenvalue weighted by Gasteiger charge is -2.33. The Bertz CT molecular complexity index is 1690. The van der Waals surface area contributed by atoms with E-state index in [1.54, 1.807) is 0 Å². The first-order chi connectivity index (χ1) is 19.8. The number of aliphatic carboxylic acids is 1. The van der Waals surface area contributed by atoms with Crippen molar-refractivity contribution in [2.45, 2.75) is 49.1 Å². The van der Waals surface area contributed by atoms with Crippen LogP contribution in [0.2, 0.25) is 5.02 Å². The van der Waals surface area contributed by atoms with Gasteiger partial charge in [-0.3, -0.25) is 4.79 Å². The van der Waals surface area contributed by atoms with E-state index in [-0.39, 0.29) is 11.4 Å². The number of carbonyl (C=O) groups is 1. The predicted octanol–water partition coefficient (Wildman–Crippen LogP) is 3.05. The van der Waals surface area contributed by atoms with E-state index in [9.17, 15) is 18.3 Å². The molecule has 4 aromatic rings. The standard InChI is InChI=1S/C27H29ClN8O4S/c28-19-4-6-20(7-5-19)41(39,40)34-22(27(37)38)14-36-16-32-23-25(30-15-31-26(23)36)35-12-9-17(10-13-35)21-8-3-18-2-1-11-29-24(18)33-21/h3-8,15-17,22,34H,1-2,9-14H2,(H,29,33)(H,37,38). The van der Waals surface area contributed by atoms with E-state index in [0.717, 1.165) is 56.8 Å². The number of fused-ring (bicyclic) bond motifs is 2. The van der Waals surface area contributed by atoms with E-state index in [0.29, 0.717) is 27.9 Å². The second-order valence-corrected chi connectivity index (χ2v) is 12.4. The van der Waals surface area contributed by atoms with Crippen LogP contribution in [0.4, 0.5) is 11.6 Å². The van der Waals surface area contributed by atoms with Crippen molar-refractivity contribution in [2.24, 2.45) is 0 Å². The third-order valence-corrected chi connectivity index (χ3v) is 9.35. The maximum atomic E-state index is 12.8. The number of aryl methyl sites for hydroxylation is 1. The number of nitrogens with zero attached hydrogens (tertiary/aromatic N) is 6. The molecule has 0 spiro atoms. The van der Waals surface area contributed by atoms with E-state index in [1.165, 1.54) is 47.1 Å². The number of hydrogen-bond donors (Lipinski definition) is 3. The summed E-state index contributed by atoms with van der Waals surface area (Å²) in [6.45, 7) is 2.26. The zero-order valence-corrected chi connectivity index (χ0v) is 23.6. The molecule has 41 heavy (non-hydrogen) atoms. The first-order valence-electron chi connectivity index (χ1n) is 13.4. The lowest BCUT2D eigenvalue weighted by Crippen LogP contribution is -2.43. The van der Waals surface area contributed by atoms with E-state index in [4.69, 9.17) is 16.6 Å². The molecule has 0 amide bonds. The van der Waals surface area contributed by atoms with Crippen molar-refractivity contribution in [3.8, 4) is 0 Å². The number of aromatic nitrogens is 5. The Morgan fingerprint density at radius 2 is 1.90 bits per heavy atom. The maximum absolute atomic E-state index is 12.8. The first-order valence-corrected chi connectivity index (χ1v) is 15.3. The smallest absolute Gasteiger partial charge is 0.323 e. The lowest BCUT2D eigenvalue weighted by molar-refractivity contribution is -0.139. The summed E-state index contributed by atoms with van der Waals surface area (Å²) in [5, 5.41) is 13.6. The first kappa shape index (κ1) is 27.4. The minimum atomic E-state index is -4.11. The lowest BCUT2D eigenvalue weighted by atomic mass is 9.92. The average molecular weight is 597 g/mol. The molecule has 0 aliphatic carbocycles. The molecule has 2 aliphatic heterocycles. The van der Waals surface area contributed by atoms with Crippen molar-refractivity contribution in [3.63, 3.8) is 0 Å². The van der Waals surface area contributed by atoms with Gasteiger partial charge in [0.15, 0.2) is 17.0 Å². The SMILES string of the molecule is O=C(O)C(Cn1cnc2c(N3CCC(c4ccc5c(n4)NCCC5)CC3)ncnc21)NS(=O)(=O)c1ccc(Cl)cc1. The third-order valence-electron chi connectivity index (χ3n) is 7.61. The largest absolute Gasteiger partial charge is 0.480 e. The summed E-state index contributed by atoms with van der Waals surface area (Å²) in [7, 11) is -4.11. The Morgan fingerprint density at radius 3 is 2.66 bits per heavy atom. The number of anilines is 2. The Morgan fingerprint density at radius 1 is 1.12 bits per heavy atom. The van der Waals surface area contributed by atoms with Gasteiger partial charge in [-0.2, -0.15) is 4.72 Å². The summed E-state index contributed by atoms with van der Waals surface area (Å²) >= 11 is 5.86. The van der Waals surface area contributed by atoms with Gasteiger partial charge in [-0.05, 0) is 61.6 Å². The molecule has 3 N–H and O–H groups in total. The van der Waals surface area contributed by atoms with Gasteiger partial charge < -0.3 is 19.9 Å². The molecule has 3 aromatic heterocycles. The topological polar surface area (TPSA) is 155 Å². The molecule has 1 unspecified atom stereocenters. The Balaban J connectivity index is 1.17. The van der Waals surface area contributed by atoms with E-state index in [1.807, 2.05) is 0 Å². The second-order valence-electron chi connectivity index (χ2n) is 10.3. The number of nitrogens with one attached hydrogen (secondary N) is 2. The second kappa shape index (κ2) is 11.2. The van der Waals surface area contributed by atoms with Gasteiger partial charge in [-0.15, -0.1) is 0 Å². The quantitative estimate of drug-likeness (QED) is 0.276. The molecule has 0 bridgehead atoms. The molecule has 12 nitrogen and oxygen atoms in total. The zero-order valence-electron chi connectivity index (χ0n) is 22.1. The summed E-state index contributed by atoms with van der Waals surface area (Å²) in [6.07, 6.45) is 6.90. The highest BCUT2D eigenvalue weighted by molar-refractivity contribution is 7.89. The summed E-state index contributed by atoms with van der Waals surface area (Å²) in [5.41, 5.74) is 3.35. The predicted molar refractivity (Wildman–Crippen MR) is 154 cm³/mol. The van der Waals surface area contributed by atoms with Crippen LogP contribution in [0.25, 0.3) is 11.2 Å². The van der Waals surface area contributed by atoms with Gasteiger partial charge in [0.1, 0.15) is 18.2 Å². The fourth-order valence-electron chi connectivity index (χ4n) is 5.42. The van der Waals surface area contributed by atoms with Gasteiger partial charge in [0.05, 0.1) is 17.8 Å². The summed E-state index contributed by atoms with van der Waals surface area (Å²) < 4.78 is 29.5. The van der Waals surface area contributed by atoms with E-state index in [2.05, 4.69) is 42.0 Å². The molecule has 6 rings (SSSR count). The number of pyridine rings is 1. The molecule has 2 aliphatic rings. The van der Waals surface area contributed by atoms with Crippen LogP contribution in [-0.2, 0) is 27.8 Å². The minimum absolute atomic E-state index is 0.0847. The van der Waals surface area contributed by atoms with E-state index >= 15 is 0 Å². The summed E-state index contributed by atoms with van der Waals surface area (Å²) in [5.74, 6) is 0.696. The van der Waals surface area contributed by atoms with Crippen LogP contribution in [0, 0.1) is 0 Å². The number of imidazole rings is 1. The number of benzene rings is 1. The number of halogens is 1. The number of carboxylic acid groups (broad SMARTS) is 1. The molecule has 1 saturated heterocycles. The number of piperidine rings is 1. The molecule has 5 heterocycles. The van der Waals surface area contributed by atoms with Gasteiger partial charge >= 0.3 is 5.97 Å². The van der Waals surface area contributed by atoms with Gasteiger partial charge in [-0.25, -0.2) is 28.4 Å². The Hall–Kier alpha value is -3.81. The van der Waals surface area contributed by atoms with Crippen LogP contribution < -0.4 is 14.9 Å². The van der Waals surface area contributed by atoms with Crippen LogP contribution >= 0.6 is 11.6 Å². The Kier molecular flexibility index (Phi) is 7.49. The van der Waals surface area contributed by atoms with Crippen molar-refractivity contribution in [2.75, 3.05) is 29.9 Å². The highest BCUT2D eigenvalue weighted by Crippen LogP contribution is 2.33. The minimum Gasteiger partial charge on any atom is -0.480 e. The van der Waals surface area contributed by atoms with Crippen LogP contribution in [0.5, 0.6) is 0 Å². The third kappa shape index (κ3) is 5.69. The van der Waals surface area contributed by atoms with Crippen molar-refractivity contribution < 1.29 is 18.3 Å². The van der Waals surface area contributed by atoms with Gasteiger partial charge in [0.25, 0.3) is 0 Å². The Labute approximate surface area is 241 Å². The van der Waals surface area contributed by atoms with Crippen LogP contribution in [0.1, 0.15) is 36.4 Å². The summed E-state index contributed by atoms with van der Waals surface area (Å²) in [6, 6.07) is 8.37. The number of rotatable bonds is 8. The van der Waals surface area contributed by atoms with Crippen molar-refractivity contribution in [1.29, 1.82) is 0 Å².